The van der Waals surface area contributed by atoms with Gasteiger partial charge in [-0.15, -0.1) is 10.2 Å². The Labute approximate surface area is 153 Å². The largest absolute Gasteiger partial charge is 0.492 e. The fourth-order valence-corrected chi connectivity index (χ4v) is 2.91. The van der Waals surface area contributed by atoms with Crippen LogP contribution in [0, 0.1) is 0 Å². The molecule has 2 aromatic rings. The van der Waals surface area contributed by atoms with Crippen molar-refractivity contribution in [2.45, 2.75) is 6.42 Å². The molecule has 1 N–H and O–H groups in total. The van der Waals surface area contributed by atoms with Gasteiger partial charge < -0.3 is 19.5 Å². The average molecular weight is 358 g/mol. The molecule has 140 valence electrons. The molecule has 0 unspecified atom stereocenters. The Morgan fingerprint density at radius 1 is 1.19 bits per heavy atom. The van der Waals surface area contributed by atoms with Crippen LogP contribution in [0.25, 0.3) is 0 Å². The topological polar surface area (TPSA) is 75.5 Å². The van der Waals surface area contributed by atoms with Crippen molar-refractivity contribution >= 4 is 6.03 Å². The maximum absolute atomic E-state index is 12.2. The third-order valence-electron chi connectivity index (χ3n) is 4.51. The number of hydrogen-bond donors (Lipinski definition) is 1. The molecular weight excluding hydrogens is 332 g/mol. The van der Waals surface area contributed by atoms with Crippen LogP contribution in [0.5, 0.6) is 5.75 Å². The Balaban J connectivity index is 1.30. The second-order valence-corrected chi connectivity index (χ2v) is 6.33. The van der Waals surface area contributed by atoms with Gasteiger partial charge in [-0.05, 0) is 12.1 Å². The van der Waals surface area contributed by atoms with Gasteiger partial charge in [0, 0.05) is 52.7 Å². The SMILES string of the molecule is Cn1cnnc1CCNC(=O)N1CCN(CCOc2ccccc2)CC1. The Bertz CT molecular complexity index is 682. The molecule has 8 heteroatoms. The highest BCUT2D eigenvalue weighted by Gasteiger charge is 2.20. The van der Waals surface area contributed by atoms with E-state index in [-0.39, 0.29) is 6.03 Å². The highest BCUT2D eigenvalue weighted by atomic mass is 16.5. The number of nitrogens with zero attached hydrogens (tertiary/aromatic N) is 5. The number of carbonyl (C=O) groups is 1. The highest BCUT2D eigenvalue weighted by molar-refractivity contribution is 5.74. The van der Waals surface area contributed by atoms with Crippen LogP contribution in [0.1, 0.15) is 5.82 Å². The molecular formula is C18H26N6O2. The Hall–Kier alpha value is -2.61. The molecule has 1 aromatic heterocycles. The molecule has 2 heterocycles. The number of para-hydroxylation sites is 1. The van der Waals surface area contributed by atoms with Crippen molar-refractivity contribution in [3.05, 3.63) is 42.5 Å². The quantitative estimate of drug-likeness (QED) is 0.791. The minimum Gasteiger partial charge on any atom is -0.492 e. The summed E-state index contributed by atoms with van der Waals surface area (Å²) >= 11 is 0. The number of amides is 2. The number of piperazine rings is 1. The fraction of sp³-hybridized carbons (Fsp3) is 0.500. The number of rotatable bonds is 7. The summed E-state index contributed by atoms with van der Waals surface area (Å²) < 4.78 is 7.60. The third kappa shape index (κ3) is 5.19. The van der Waals surface area contributed by atoms with Gasteiger partial charge in [0.2, 0.25) is 0 Å². The van der Waals surface area contributed by atoms with Crippen LogP contribution < -0.4 is 10.1 Å². The second kappa shape index (κ2) is 9.19. The van der Waals surface area contributed by atoms with Crippen LogP contribution in [0.4, 0.5) is 4.79 Å². The summed E-state index contributed by atoms with van der Waals surface area (Å²) in [6.07, 6.45) is 2.34. The van der Waals surface area contributed by atoms with E-state index in [1.807, 2.05) is 46.8 Å². The number of urea groups is 1. The smallest absolute Gasteiger partial charge is 0.317 e. The van der Waals surface area contributed by atoms with E-state index in [1.54, 1.807) is 6.33 Å². The zero-order valence-electron chi connectivity index (χ0n) is 15.2. The monoisotopic (exact) mass is 358 g/mol. The summed E-state index contributed by atoms with van der Waals surface area (Å²) in [6, 6.07) is 9.83. The summed E-state index contributed by atoms with van der Waals surface area (Å²) in [4.78, 5) is 16.4. The van der Waals surface area contributed by atoms with Crippen LogP contribution in [-0.4, -0.2) is 76.5 Å². The van der Waals surface area contributed by atoms with Crippen molar-refractivity contribution in [3.8, 4) is 5.75 Å². The van der Waals surface area contributed by atoms with Crippen LogP contribution in [-0.2, 0) is 13.5 Å². The maximum Gasteiger partial charge on any atom is 0.317 e. The average Bonchev–Trinajstić information content (AvgIpc) is 3.08. The van der Waals surface area contributed by atoms with Gasteiger partial charge in [0.05, 0.1) is 0 Å². The Kier molecular flexibility index (Phi) is 6.43. The van der Waals surface area contributed by atoms with E-state index in [2.05, 4.69) is 20.4 Å². The minimum atomic E-state index is -0.00708. The van der Waals surface area contributed by atoms with E-state index in [9.17, 15) is 4.79 Å². The maximum atomic E-state index is 12.2. The van der Waals surface area contributed by atoms with Gasteiger partial charge in [0.1, 0.15) is 24.5 Å². The molecule has 1 fully saturated rings. The molecule has 8 nitrogen and oxygen atoms in total. The van der Waals surface area contributed by atoms with E-state index in [0.29, 0.717) is 19.6 Å². The van der Waals surface area contributed by atoms with Gasteiger partial charge in [0.25, 0.3) is 0 Å². The number of hydrogen-bond acceptors (Lipinski definition) is 5. The van der Waals surface area contributed by atoms with Gasteiger partial charge >= 0.3 is 6.03 Å². The van der Waals surface area contributed by atoms with Crippen LogP contribution in [0.15, 0.2) is 36.7 Å². The summed E-state index contributed by atoms with van der Waals surface area (Å²) in [5.74, 6) is 1.77. The first kappa shape index (κ1) is 18.2. The van der Waals surface area contributed by atoms with Crippen molar-refractivity contribution in [1.29, 1.82) is 0 Å². The first-order valence-corrected chi connectivity index (χ1v) is 8.98. The van der Waals surface area contributed by atoms with Gasteiger partial charge in [-0.1, -0.05) is 18.2 Å². The lowest BCUT2D eigenvalue weighted by Crippen LogP contribution is -2.52. The first-order valence-electron chi connectivity index (χ1n) is 8.98. The molecule has 0 bridgehead atoms. The number of carbonyl (C=O) groups excluding carboxylic acids is 1. The number of aryl methyl sites for hydroxylation is 1. The molecule has 1 aromatic carbocycles. The predicted molar refractivity (Wildman–Crippen MR) is 98.1 cm³/mol. The highest BCUT2D eigenvalue weighted by Crippen LogP contribution is 2.08. The molecule has 0 radical (unpaired) electrons. The summed E-state index contributed by atoms with van der Waals surface area (Å²) in [5, 5.41) is 10.8. The van der Waals surface area contributed by atoms with E-state index in [4.69, 9.17) is 4.74 Å². The number of aromatic nitrogens is 3. The molecule has 1 aliphatic rings. The zero-order chi connectivity index (χ0) is 18.2. The standard InChI is InChI=1S/C18H26N6O2/c1-22-15-20-21-17(22)7-8-19-18(25)24-11-9-23(10-12-24)13-14-26-16-5-3-2-4-6-16/h2-6,15H,7-14H2,1H3,(H,19,25). The Morgan fingerprint density at radius 2 is 1.96 bits per heavy atom. The first-order chi connectivity index (χ1) is 12.7. The molecule has 0 saturated carbocycles. The van der Waals surface area contributed by atoms with Gasteiger partial charge in [0.15, 0.2) is 0 Å². The van der Waals surface area contributed by atoms with E-state index in [0.717, 1.165) is 44.3 Å². The van der Waals surface area contributed by atoms with Gasteiger partial charge in [-0.25, -0.2) is 4.79 Å². The molecule has 1 saturated heterocycles. The van der Waals surface area contributed by atoms with Crippen molar-refractivity contribution in [3.63, 3.8) is 0 Å². The van der Waals surface area contributed by atoms with Crippen LogP contribution in [0.3, 0.4) is 0 Å². The number of ether oxygens (including phenoxy) is 1. The summed E-state index contributed by atoms with van der Waals surface area (Å²) in [5.41, 5.74) is 0. The summed E-state index contributed by atoms with van der Waals surface area (Å²) in [6.45, 7) is 5.31. The lowest BCUT2D eigenvalue weighted by atomic mass is 10.3. The molecule has 0 aliphatic carbocycles. The Morgan fingerprint density at radius 3 is 2.65 bits per heavy atom. The van der Waals surface area contributed by atoms with Crippen molar-refractivity contribution in [1.82, 2.24) is 29.9 Å². The van der Waals surface area contributed by atoms with Crippen LogP contribution >= 0.6 is 0 Å². The molecule has 2 amide bonds. The predicted octanol–water partition coefficient (Wildman–Crippen LogP) is 0.764. The molecule has 26 heavy (non-hydrogen) atoms. The molecule has 3 rings (SSSR count). The van der Waals surface area contributed by atoms with E-state index < -0.39 is 0 Å². The lowest BCUT2D eigenvalue weighted by molar-refractivity contribution is 0.126. The van der Waals surface area contributed by atoms with Gasteiger partial charge in [-0.2, -0.15) is 0 Å². The number of nitrogens with one attached hydrogen (secondary N) is 1. The molecule has 0 atom stereocenters. The zero-order valence-corrected chi connectivity index (χ0v) is 15.2. The second-order valence-electron chi connectivity index (χ2n) is 6.33. The van der Waals surface area contributed by atoms with Crippen molar-refractivity contribution in [2.75, 3.05) is 45.9 Å². The van der Waals surface area contributed by atoms with E-state index >= 15 is 0 Å². The van der Waals surface area contributed by atoms with Gasteiger partial charge in [-0.3, -0.25) is 4.90 Å². The minimum absolute atomic E-state index is 0.00708. The number of benzene rings is 1. The normalized spacial score (nSPS) is 15.0. The van der Waals surface area contributed by atoms with Crippen molar-refractivity contribution in [2.24, 2.45) is 7.05 Å². The van der Waals surface area contributed by atoms with Crippen molar-refractivity contribution < 1.29 is 9.53 Å². The lowest BCUT2D eigenvalue weighted by Gasteiger charge is -2.34. The third-order valence-corrected chi connectivity index (χ3v) is 4.51. The fourth-order valence-electron chi connectivity index (χ4n) is 2.91. The van der Waals surface area contributed by atoms with E-state index in [1.165, 1.54) is 0 Å². The van der Waals surface area contributed by atoms with Crippen LogP contribution in [0.2, 0.25) is 0 Å². The summed E-state index contributed by atoms with van der Waals surface area (Å²) in [7, 11) is 1.90. The molecule has 1 aliphatic heterocycles. The molecule has 0 spiro atoms.